The van der Waals surface area contributed by atoms with E-state index in [1.807, 2.05) is 0 Å². The van der Waals surface area contributed by atoms with Gasteiger partial charge in [0.15, 0.2) is 5.17 Å². The number of aliphatic hydroxyl groups excluding tert-OH is 2. The van der Waals surface area contributed by atoms with Crippen LogP contribution in [-0.2, 0) is 4.74 Å². The maximum atomic E-state index is 13.6. The molecule has 0 spiro atoms. The first kappa shape index (κ1) is 19.2. The molecular weight excluding hydrogens is 375 g/mol. The average Bonchev–Trinajstić information content (AvgIpc) is 3.01. The van der Waals surface area contributed by atoms with E-state index in [-0.39, 0.29) is 5.88 Å². The lowest BCUT2D eigenvalue weighted by Gasteiger charge is -2.41. The van der Waals surface area contributed by atoms with Gasteiger partial charge in [-0.1, -0.05) is 17.8 Å². The van der Waals surface area contributed by atoms with Gasteiger partial charge in [0.2, 0.25) is 12.0 Å². The fraction of sp³-hybridized carbons (Fsp3) is 0.600. The van der Waals surface area contributed by atoms with Crippen molar-refractivity contribution >= 4 is 16.9 Å². The van der Waals surface area contributed by atoms with Crippen LogP contribution in [0.4, 0.5) is 13.2 Å². The standard InChI is InChI=1S/C15H18F3N3O4S/c1-21(2)14-20-8-9(22)10(23)11(25-13(8)26-14)12(15(16,17)18)24-7-5-3-4-6-19-7/h3-6,8-13,22-23H,1-2H3/t8-,9-,10+,11+,12-,13-/m1/s1. The molecule has 0 aliphatic carbocycles. The van der Waals surface area contributed by atoms with Crippen LogP contribution in [0.5, 0.6) is 5.88 Å². The molecule has 11 heteroatoms. The Morgan fingerprint density at radius 2 is 2.00 bits per heavy atom. The molecular formula is C15H18F3N3O4S. The number of fused-ring (bicyclic) bond motifs is 1. The molecule has 2 N–H and O–H groups in total. The zero-order valence-corrected chi connectivity index (χ0v) is 14.7. The minimum atomic E-state index is -4.84. The minimum Gasteiger partial charge on any atom is -0.462 e. The topological polar surface area (TPSA) is 87.4 Å². The minimum absolute atomic E-state index is 0.258. The molecule has 1 aromatic rings. The highest BCUT2D eigenvalue weighted by Gasteiger charge is 2.58. The highest BCUT2D eigenvalue weighted by molar-refractivity contribution is 8.14. The third kappa shape index (κ3) is 3.75. The van der Waals surface area contributed by atoms with Gasteiger partial charge in [-0.05, 0) is 6.07 Å². The number of amidine groups is 1. The molecule has 6 atom stereocenters. The van der Waals surface area contributed by atoms with Crippen LogP contribution >= 0.6 is 11.8 Å². The molecule has 0 saturated carbocycles. The molecule has 0 aromatic carbocycles. The van der Waals surface area contributed by atoms with E-state index in [1.54, 1.807) is 19.0 Å². The second-order valence-electron chi connectivity index (χ2n) is 6.11. The van der Waals surface area contributed by atoms with Crippen molar-refractivity contribution in [2.75, 3.05) is 14.1 Å². The molecule has 1 fully saturated rings. The van der Waals surface area contributed by atoms with Crippen molar-refractivity contribution in [2.24, 2.45) is 4.99 Å². The van der Waals surface area contributed by atoms with Crippen LogP contribution in [0.15, 0.2) is 29.4 Å². The maximum Gasteiger partial charge on any atom is 0.428 e. The molecule has 0 bridgehead atoms. The van der Waals surface area contributed by atoms with Crippen molar-refractivity contribution in [2.45, 2.75) is 42.1 Å². The number of halogens is 3. The van der Waals surface area contributed by atoms with Crippen molar-refractivity contribution in [1.82, 2.24) is 9.88 Å². The SMILES string of the molecule is CN(C)C1=N[C@@H]2[C@@H](O)[C@H](O)[C@@H]([C@@H](Oc3ccccn3)C(F)(F)F)O[C@@H]2S1. The van der Waals surface area contributed by atoms with E-state index in [4.69, 9.17) is 9.47 Å². The number of pyridine rings is 1. The monoisotopic (exact) mass is 393 g/mol. The van der Waals surface area contributed by atoms with Gasteiger partial charge < -0.3 is 24.6 Å². The van der Waals surface area contributed by atoms with Gasteiger partial charge in [0, 0.05) is 26.4 Å². The Hall–Kier alpha value is -1.56. The second kappa shape index (κ2) is 7.22. The summed E-state index contributed by atoms with van der Waals surface area (Å²) in [4.78, 5) is 9.59. The summed E-state index contributed by atoms with van der Waals surface area (Å²) in [5.41, 5.74) is -0.854. The molecule has 7 nitrogen and oxygen atoms in total. The van der Waals surface area contributed by atoms with Gasteiger partial charge >= 0.3 is 6.18 Å². The van der Waals surface area contributed by atoms with Crippen LogP contribution < -0.4 is 4.74 Å². The van der Waals surface area contributed by atoms with E-state index in [0.29, 0.717) is 5.17 Å². The van der Waals surface area contributed by atoms with Crippen LogP contribution in [0.25, 0.3) is 0 Å². The first-order chi connectivity index (χ1) is 12.2. The van der Waals surface area contributed by atoms with Gasteiger partial charge in [-0.25, -0.2) is 4.98 Å². The van der Waals surface area contributed by atoms with E-state index in [1.165, 1.54) is 24.4 Å². The first-order valence-corrected chi connectivity index (χ1v) is 8.64. The van der Waals surface area contributed by atoms with Crippen LogP contribution in [0.1, 0.15) is 0 Å². The number of alkyl halides is 3. The molecule has 0 radical (unpaired) electrons. The van der Waals surface area contributed by atoms with E-state index < -0.39 is 42.1 Å². The summed E-state index contributed by atoms with van der Waals surface area (Å²) in [5.74, 6) is -0.258. The third-order valence-electron chi connectivity index (χ3n) is 3.98. The van der Waals surface area contributed by atoms with Crippen molar-refractivity contribution in [3.05, 3.63) is 24.4 Å². The summed E-state index contributed by atoms with van der Waals surface area (Å²) in [7, 11) is 3.43. The maximum absolute atomic E-state index is 13.6. The number of aromatic nitrogens is 1. The zero-order chi connectivity index (χ0) is 19.1. The Morgan fingerprint density at radius 3 is 2.58 bits per heavy atom. The second-order valence-corrected chi connectivity index (χ2v) is 7.18. The van der Waals surface area contributed by atoms with E-state index in [2.05, 4.69) is 9.98 Å². The smallest absolute Gasteiger partial charge is 0.428 e. The lowest BCUT2D eigenvalue weighted by molar-refractivity contribution is -0.264. The van der Waals surface area contributed by atoms with Crippen LogP contribution in [0, 0.1) is 0 Å². The van der Waals surface area contributed by atoms with Gasteiger partial charge in [-0.2, -0.15) is 13.2 Å². The summed E-state index contributed by atoms with van der Waals surface area (Å²) in [6.45, 7) is 0. The van der Waals surface area contributed by atoms with Crippen molar-refractivity contribution < 1.29 is 32.9 Å². The van der Waals surface area contributed by atoms with E-state index in [0.717, 1.165) is 11.8 Å². The molecule has 1 aromatic heterocycles. The number of aliphatic imine (C=N–C) groups is 1. The lowest BCUT2D eigenvalue weighted by Crippen LogP contribution is -2.62. The van der Waals surface area contributed by atoms with E-state index >= 15 is 0 Å². The fourth-order valence-electron chi connectivity index (χ4n) is 2.71. The van der Waals surface area contributed by atoms with Gasteiger partial charge in [-0.3, -0.25) is 4.99 Å². The molecule has 2 aliphatic rings. The van der Waals surface area contributed by atoms with Crippen LogP contribution in [0.2, 0.25) is 0 Å². The Kier molecular flexibility index (Phi) is 5.33. The third-order valence-corrected chi connectivity index (χ3v) is 5.28. The predicted octanol–water partition coefficient (Wildman–Crippen LogP) is 0.871. The summed E-state index contributed by atoms with van der Waals surface area (Å²) in [5, 5.41) is 21.0. The summed E-state index contributed by atoms with van der Waals surface area (Å²) >= 11 is 1.09. The fourth-order valence-corrected chi connectivity index (χ4v) is 3.85. The summed E-state index contributed by atoms with van der Waals surface area (Å²) in [6.07, 6.45) is -11.2. The largest absolute Gasteiger partial charge is 0.462 e. The van der Waals surface area contributed by atoms with Crippen molar-refractivity contribution in [3.8, 4) is 5.88 Å². The number of thioether (sulfide) groups is 1. The Morgan fingerprint density at radius 1 is 1.27 bits per heavy atom. The van der Waals surface area contributed by atoms with E-state index in [9.17, 15) is 23.4 Å². The van der Waals surface area contributed by atoms with Gasteiger partial charge in [0.1, 0.15) is 29.8 Å². The molecule has 0 unspecified atom stereocenters. The van der Waals surface area contributed by atoms with Gasteiger partial charge in [0.25, 0.3) is 0 Å². The Balaban J connectivity index is 1.84. The summed E-state index contributed by atoms with van der Waals surface area (Å²) < 4.78 is 51.2. The van der Waals surface area contributed by atoms with Crippen LogP contribution in [0.3, 0.4) is 0 Å². The number of aliphatic hydroxyl groups is 2. The Bertz CT molecular complexity index is 661. The van der Waals surface area contributed by atoms with Crippen molar-refractivity contribution in [1.29, 1.82) is 0 Å². The van der Waals surface area contributed by atoms with Gasteiger partial charge in [-0.15, -0.1) is 0 Å². The molecule has 26 heavy (non-hydrogen) atoms. The highest BCUT2D eigenvalue weighted by Crippen LogP contribution is 2.40. The average molecular weight is 393 g/mol. The van der Waals surface area contributed by atoms with Gasteiger partial charge in [0.05, 0.1) is 0 Å². The molecule has 1 saturated heterocycles. The summed E-state index contributed by atoms with van der Waals surface area (Å²) in [6, 6.07) is 3.42. The molecule has 3 rings (SSSR count). The molecule has 144 valence electrons. The number of hydrogen-bond donors (Lipinski definition) is 2. The van der Waals surface area contributed by atoms with Crippen LogP contribution in [-0.4, -0.2) is 81.4 Å². The predicted molar refractivity (Wildman–Crippen MR) is 87.9 cm³/mol. The number of rotatable bonds is 3. The Labute approximate surface area is 151 Å². The molecule has 2 aliphatic heterocycles. The quantitative estimate of drug-likeness (QED) is 0.788. The number of nitrogens with zero attached hydrogens (tertiary/aromatic N) is 3. The zero-order valence-electron chi connectivity index (χ0n) is 13.9. The normalized spacial score (nSPS) is 32.6. The number of ether oxygens (including phenoxy) is 2. The lowest BCUT2D eigenvalue weighted by atomic mass is 9.94. The molecule has 3 heterocycles. The number of hydrogen-bond acceptors (Lipinski definition) is 8. The first-order valence-electron chi connectivity index (χ1n) is 7.76. The van der Waals surface area contributed by atoms with Crippen molar-refractivity contribution in [3.63, 3.8) is 0 Å². The highest BCUT2D eigenvalue weighted by atomic mass is 32.2. The molecule has 0 amide bonds.